The highest BCUT2D eigenvalue weighted by Crippen LogP contribution is 2.24. The predicted molar refractivity (Wildman–Crippen MR) is 128 cm³/mol. The number of hydrogen-bond acceptors (Lipinski definition) is 4. The lowest BCUT2D eigenvalue weighted by molar-refractivity contribution is -0.119. The molecular weight excluding hydrogens is 402 g/mol. The zero-order valence-electron chi connectivity index (χ0n) is 18.9. The first-order valence-electron chi connectivity index (χ1n) is 10.5. The van der Waals surface area contributed by atoms with Gasteiger partial charge in [0.2, 0.25) is 11.8 Å². The highest BCUT2D eigenvalue weighted by atomic mass is 16.5. The van der Waals surface area contributed by atoms with Gasteiger partial charge in [-0.25, -0.2) is 0 Å². The van der Waals surface area contributed by atoms with Crippen molar-refractivity contribution >= 4 is 23.2 Å². The molecule has 6 heteroatoms. The fourth-order valence-electron chi connectivity index (χ4n) is 3.56. The SMILES string of the molecule is Cc1cc(C)c(NC(=O)CN(C)CC(=O)Nc2cccc(Oc3ccccc3)c2)c(C)c1. The average molecular weight is 432 g/mol. The summed E-state index contributed by atoms with van der Waals surface area (Å²) in [6.45, 7) is 6.17. The van der Waals surface area contributed by atoms with Gasteiger partial charge in [-0.05, 0) is 63.2 Å². The predicted octanol–water partition coefficient (Wildman–Crippen LogP) is 4.91. The van der Waals surface area contributed by atoms with Crippen molar-refractivity contribution in [3.63, 3.8) is 0 Å². The molecule has 0 heterocycles. The van der Waals surface area contributed by atoms with Crippen LogP contribution in [0, 0.1) is 20.8 Å². The molecule has 3 aromatic carbocycles. The van der Waals surface area contributed by atoms with Gasteiger partial charge in [-0.3, -0.25) is 14.5 Å². The van der Waals surface area contributed by atoms with Crippen molar-refractivity contribution in [1.82, 2.24) is 4.90 Å². The summed E-state index contributed by atoms with van der Waals surface area (Å²) < 4.78 is 5.80. The number of aryl methyl sites for hydroxylation is 3. The summed E-state index contributed by atoms with van der Waals surface area (Å²) in [5.74, 6) is 0.986. The number of carbonyl (C=O) groups excluding carboxylic acids is 2. The quantitative estimate of drug-likeness (QED) is 0.531. The standard InChI is InChI=1S/C26H29N3O3/c1-18-13-19(2)26(20(3)14-18)28-25(31)17-29(4)16-24(30)27-21-9-8-12-23(15-21)32-22-10-6-5-7-11-22/h5-15H,16-17H2,1-4H3,(H,27,30)(H,28,31). The Labute approximate surface area is 189 Å². The summed E-state index contributed by atoms with van der Waals surface area (Å²) in [5, 5.41) is 5.82. The van der Waals surface area contributed by atoms with Crippen molar-refractivity contribution in [3.05, 3.63) is 83.4 Å². The van der Waals surface area contributed by atoms with Crippen molar-refractivity contribution in [2.24, 2.45) is 0 Å². The van der Waals surface area contributed by atoms with Gasteiger partial charge in [0.05, 0.1) is 13.1 Å². The molecule has 0 aliphatic carbocycles. The van der Waals surface area contributed by atoms with Gasteiger partial charge in [0.1, 0.15) is 11.5 Å². The summed E-state index contributed by atoms with van der Waals surface area (Å²) in [6.07, 6.45) is 0. The molecule has 0 aromatic heterocycles. The average Bonchev–Trinajstić information content (AvgIpc) is 2.71. The molecule has 0 aliphatic heterocycles. The van der Waals surface area contributed by atoms with Crippen LogP contribution in [0.25, 0.3) is 0 Å². The fourth-order valence-corrected chi connectivity index (χ4v) is 3.56. The van der Waals surface area contributed by atoms with Crippen LogP contribution in [-0.2, 0) is 9.59 Å². The van der Waals surface area contributed by atoms with Crippen LogP contribution >= 0.6 is 0 Å². The molecule has 32 heavy (non-hydrogen) atoms. The molecule has 2 N–H and O–H groups in total. The fraction of sp³-hybridized carbons (Fsp3) is 0.231. The molecule has 0 spiro atoms. The number of benzene rings is 3. The first-order valence-corrected chi connectivity index (χ1v) is 10.5. The summed E-state index contributed by atoms with van der Waals surface area (Å²) in [7, 11) is 1.74. The lowest BCUT2D eigenvalue weighted by atomic mass is 10.1. The number of ether oxygens (including phenoxy) is 1. The van der Waals surface area contributed by atoms with E-state index >= 15 is 0 Å². The zero-order chi connectivity index (χ0) is 23.1. The smallest absolute Gasteiger partial charge is 0.238 e. The van der Waals surface area contributed by atoms with Crippen molar-refractivity contribution in [2.75, 3.05) is 30.8 Å². The van der Waals surface area contributed by atoms with E-state index in [1.165, 1.54) is 0 Å². The third kappa shape index (κ3) is 6.68. The van der Waals surface area contributed by atoms with E-state index in [0.717, 1.165) is 28.1 Å². The number of likely N-dealkylation sites (N-methyl/N-ethyl adjacent to an activating group) is 1. The number of hydrogen-bond donors (Lipinski definition) is 2. The summed E-state index contributed by atoms with van der Waals surface area (Å²) in [6, 6.07) is 20.7. The normalized spacial score (nSPS) is 10.7. The summed E-state index contributed by atoms with van der Waals surface area (Å²) in [5.41, 5.74) is 4.66. The molecule has 166 valence electrons. The Morgan fingerprint density at radius 3 is 2.03 bits per heavy atom. The monoisotopic (exact) mass is 431 g/mol. The van der Waals surface area contributed by atoms with Crippen LogP contribution < -0.4 is 15.4 Å². The van der Waals surface area contributed by atoms with Crippen LogP contribution in [-0.4, -0.2) is 36.9 Å². The lowest BCUT2D eigenvalue weighted by Gasteiger charge is -2.18. The molecule has 0 saturated carbocycles. The maximum absolute atomic E-state index is 12.5. The number of amides is 2. The van der Waals surface area contributed by atoms with Gasteiger partial charge in [-0.15, -0.1) is 0 Å². The number of anilines is 2. The minimum absolute atomic E-state index is 0.0864. The Morgan fingerprint density at radius 1 is 0.781 bits per heavy atom. The second kappa shape index (κ2) is 10.6. The van der Waals surface area contributed by atoms with E-state index in [2.05, 4.69) is 10.6 Å². The van der Waals surface area contributed by atoms with Crippen LogP contribution in [0.5, 0.6) is 11.5 Å². The van der Waals surface area contributed by atoms with E-state index in [1.54, 1.807) is 24.1 Å². The van der Waals surface area contributed by atoms with E-state index in [0.29, 0.717) is 11.4 Å². The molecule has 0 saturated heterocycles. The number of nitrogens with zero attached hydrogens (tertiary/aromatic N) is 1. The first-order chi connectivity index (χ1) is 15.3. The molecule has 0 radical (unpaired) electrons. The maximum atomic E-state index is 12.5. The van der Waals surface area contributed by atoms with Gasteiger partial charge < -0.3 is 15.4 Å². The Bertz CT molecular complexity index is 1070. The van der Waals surface area contributed by atoms with E-state index < -0.39 is 0 Å². The molecule has 2 amide bonds. The second-order valence-corrected chi connectivity index (χ2v) is 7.99. The molecule has 0 unspecified atom stereocenters. The van der Waals surface area contributed by atoms with Crippen LogP contribution in [0.15, 0.2) is 66.7 Å². The number of nitrogens with one attached hydrogen (secondary N) is 2. The molecule has 3 aromatic rings. The summed E-state index contributed by atoms with van der Waals surface area (Å²) in [4.78, 5) is 26.6. The Morgan fingerprint density at radius 2 is 1.38 bits per heavy atom. The van der Waals surface area contributed by atoms with Crippen LogP contribution in [0.2, 0.25) is 0 Å². The third-order valence-electron chi connectivity index (χ3n) is 4.87. The van der Waals surface area contributed by atoms with Gasteiger partial charge in [0, 0.05) is 17.4 Å². The number of rotatable bonds is 8. The lowest BCUT2D eigenvalue weighted by Crippen LogP contribution is -2.36. The molecule has 0 fully saturated rings. The maximum Gasteiger partial charge on any atom is 0.238 e. The minimum Gasteiger partial charge on any atom is -0.457 e. The molecule has 0 bridgehead atoms. The molecule has 6 nitrogen and oxygen atoms in total. The third-order valence-corrected chi connectivity index (χ3v) is 4.87. The van der Waals surface area contributed by atoms with Crippen molar-refractivity contribution in [1.29, 1.82) is 0 Å². The highest BCUT2D eigenvalue weighted by molar-refractivity contribution is 5.95. The Hall–Kier alpha value is -3.64. The van der Waals surface area contributed by atoms with Crippen LogP contribution in [0.1, 0.15) is 16.7 Å². The van der Waals surface area contributed by atoms with E-state index in [4.69, 9.17) is 4.74 Å². The van der Waals surface area contributed by atoms with E-state index in [9.17, 15) is 9.59 Å². The second-order valence-electron chi connectivity index (χ2n) is 7.99. The molecule has 0 aliphatic rings. The Kier molecular flexibility index (Phi) is 7.63. The Balaban J connectivity index is 1.51. The van der Waals surface area contributed by atoms with Crippen LogP contribution in [0.4, 0.5) is 11.4 Å². The van der Waals surface area contributed by atoms with E-state index in [-0.39, 0.29) is 24.9 Å². The molecular formula is C26H29N3O3. The minimum atomic E-state index is -0.208. The van der Waals surface area contributed by atoms with Crippen molar-refractivity contribution in [2.45, 2.75) is 20.8 Å². The topological polar surface area (TPSA) is 70.7 Å². The van der Waals surface area contributed by atoms with Gasteiger partial charge in [0.15, 0.2) is 0 Å². The van der Waals surface area contributed by atoms with Crippen molar-refractivity contribution < 1.29 is 14.3 Å². The largest absolute Gasteiger partial charge is 0.457 e. The highest BCUT2D eigenvalue weighted by Gasteiger charge is 2.13. The van der Waals surface area contributed by atoms with Crippen molar-refractivity contribution in [3.8, 4) is 11.5 Å². The zero-order valence-corrected chi connectivity index (χ0v) is 18.9. The van der Waals surface area contributed by atoms with Gasteiger partial charge in [0.25, 0.3) is 0 Å². The number of para-hydroxylation sites is 1. The van der Waals surface area contributed by atoms with E-state index in [1.807, 2.05) is 75.4 Å². The molecule has 3 rings (SSSR count). The van der Waals surface area contributed by atoms with Gasteiger partial charge in [-0.1, -0.05) is 42.0 Å². The molecule has 0 atom stereocenters. The van der Waals surface area contributed by atoms with Gasteiger partial charge >= 0.3 is 0 Å². The van der Waals surface area contributed by atoms with Crippen LogP contribution in [0.3, 0.4) is 0 Å². The summed E-state index contributed by atoms with van der Waals surface area (Å²) >= 11 is 0. The number of carbonyl (C=O) groups is 2. The van der Waals surface area contributed by atoms with Gasteiger partial charge in [-0.2, -0.15) is 0 Å². The first kappa shape index (κ1) is 23.0.